The number of imidazole rings is 1. The van der Waals surface area contributed by atoms with Crippen LogP contribution in [0, 0.1) is 23.3 Å². The highest BCUT2D eigenvalue weighted by molar-refractivity contribution is 6.09. The first-order valence-corrected chi connectivity index (χ1v) is 8.55. The SMILES string of the molecule is CCOC(=O)c1cnn2c1c1c(F)c(F)c(F)c(F)c1n1c3ccccc3nc21. The van der Waals surface area contributed by atoms with E-state index in [4.69, 9.17) is 4.74 Å². The van der Waals surface area contributed by atoms with Gasteiger partial charge in [0.05, 0.1) is 34.7 Å². The van der Waals surface area contributed by atoms with Gasteiger partial charge >= 0.3 is 5.97 Å². The lowest BCUT2D eigenvalue weighted by Crippen LogP contribution is -2.09. The summed E-state index contributed by atoms with van der Waals surface area (Å²) in [5.74, 6) is -8.07. The highest BCUT2D eigenvalue weighted by atomic mass is 19.2. The minimum absolute atomic E-state index is 0.00597. The number of hydrogen-bond acceptors (Lipinski definition) is 4. The van der Waals surface area contributed by atoms with Crippen LogP contribution in [0.2, 0.25) is 0 Å². The third-order valence-corrected chi connectivity index (χ3v) is 4.70. The number of benzene rings is 2. The fraction of sp³-hybridized carbons (Fsp3) is 0.105. The Morgan fingerprint density at radius 2 is 1.76 bits per heavy atom. The Morgan fingerprint density at radius 3 is 2.52 bits per heavy atom. The molecule has 0 amide bonds. The van der Waals surface area contributed by atoms with Crippen molar-refractivity contribution in [3.05, 3.63) is 59.3 Å². The van der Waals surface area contributed by atoms with Gasteiger partial charge < -0.3 is 4.74 Å². The number of carbonyl (C=O) groups is 1. The van der Waals surface area contributed by atoms with Gasteiger partial charge in [0.25, 0.3) is 0 Å². The summed E-state index contributed by atoms with van der Waals surface area (Å²) in [6.45, 7) is 1.58. The lowest BCUT2D eigenvalue weighted by Gasteiger charge is -2.11. The van der Waals surface area contributed by atoms with Crippen molar-refractivity contribution in [1.29, 1.82) is 0 Å². The second-order valence-electron chi connectivity index (χ2n) is 6.25. The molecule has 3 aromatic heterocycles. The summed E-state index contributed by atoms with van der Waals surface area (Å²) in [6.07, 6.45) is 1.09. The number of esters is 1. The molecule has 0 saturated heterocycles. The average molecular weight is 402 g/mol. The van der Waals surface area contributed by atoms with Crippen LogP contribution >= 0.6 is 0 Å². The Hall–Kier alpha value is -3.69. The van der Waals surface area contributed by atoms with Gasteiger partial charge in [-0.05, 0) is 19.1 Å². The second-order valence-corrected chi connectivity index (χ2v) is 6.25. The number of fused-ring (bicyclic) bond motifs is 8. The van der Waals surface area contributed by atoms with Gasteiger partial charge in [-0.2, -0.15) is 9.61 Å². The molecule has 146 valence electrons. The molecule has 0 aliphatic carbocycles. The van der Waals surface area contributed by atoms with Crippen molar-refractivity contribution in [3.8, 4) is 0 Å². The number of para-hydroxylation sites is 2. The normalized spacial score (nSPS) is 11.9. The Bertz CT molecular complexity index is 1490. The van der Waals surface area contributed by atoms with Gasteiger partial charge in [-0.1, -0.05) is 12.1 Å². The van der Waals surface area contributed by atoms with Crippen LogP contribution in [-0.2, 0) is 4.74 Å². The molecule has 5 aromatic rings. The van der Waals surface area contributed by atoms with Crippen LogP contribution in [0.5, 0.6) is 0 Å². The van der Waals surface area contributed by atoms with Gasteiger partial charge in [0.15, 0.2) is 23.3 Å². The summed E-state index contributed by atoms with van der Waals surface area (Å²) in [4.78, 5) is 16.7. The smallest absolute Gasteiger partial charge is 0.342 e. The van der Waals surface area contributed by atoms with E-state index in [0.717, 1.165) is 15.1 Å². The molecule has 0 saturated carbocycles. The highest BCUT2D eigenvalue weighted by Gasteiger charge is 2.29. The molecule has 10 heteroatoms. The van der Waals surface area contributed by atoms with Crippen LogP contribution in [0.1, 0.15) is 17.3 Å². The van der Waals surface area contributed by atoms with Gasteiger partial charge in [0, 0.05) is 0 Å². The van der Waals surface area contributed by atoms with Crippen molar-refractivity contribution in [2.75, 3.05) is 6.61 Å². The van der Waals surface area contributed by atoms with Gasteiger partial charge in [-0.15, -0.1) is 0 Å². The molecule has 0 aliphatic heterocycles. The monoisotopic (exact) mass is 402 g/mol. The molecule has 6 nitrogen and oxygen atoms in total. The number of ether oxygens (including phenoxy) is 1. The van der Waals surface area contributed by atoms with E-state index in [-0.39, 0.29) is 23.5 Å². The molecule has 2 aromatic carbocycles. The number of hydrogen-bond donors (Lipinski definition) is 0. The predicted octanol–water partition coefficient (Wildman–Crippen LogP) is 4.02. The standard InChI is InChI=1S/C19H10F4N4O2/c1-2-29-18(28)8-7-24-27-16(8)11-12(20)13(21)14(22)15(23)17(11)26-10-6-4-3-5-9(10)25-19(26)27/h3-7H,2H2,1H3. The minimum atomic E-state index is -1.99. The summed E-state index contributed by atoms with van der Waals surface area (Å²) < 4.78 is 65.2. The third kappa shape index (κ3) is 2.13. The Labute approximate surface area is 158 Å². The summed E-state index contributed by atoms with van der Waals surface area (Å²) >= 11 is 0. The van der Waals surface area contributed by atoms with Gasteiger partial charge in [-0.25, -0.2) is 27.3 Å². The molecule has 0 fully saturated rings. The molecule has 0 N–H and O–H groups in total. The first-order chi connectivity index (χ1) is 14.0. The van der Waals surface area contributed by atoms with Crippen molar-refractivity contribution < 1.29 is 27.1 Å². The number of halogens is 4. The molecule has 3 heterocycles. The van der Waals surface area contributed by atoms with Crippen LogP contribution in [0.25, 0.3) is 33.2 Å². The zero-order valence-corrected chi connectivity index (χ0v) is 14.7. The number of carbonyl (C=O) groups excluding carboxylic acids is 1. The fourth-order valence-electron chi connectivity index (χ4n) is 3.52. The largest absolute Gasteiger partial charge is 0.462 e. The molecule has 5 rings (SSSR count). The van der Waals surface area contributed by atoms with Crippen molar-refractivity contribution >= 4 is 39.2 Å². The first kappa shape index (κ1) is 17.4. The minimum Gasteiger partial charge on any atom is -0.462 e. The van der Waals surface area contributed by atoms with Crippen LogP contribution in [0.4, 0.5) is 17.6 Å². The zero-order chi connectivity index (χ0) is 20.4. The number of rotatable bonds is 2. The number of nitrogens with zero attached hydrogens (tertiary/aromatic N) is 4. The molecule has 0 unspecified atom stereocenters. The summed E-state index contributed by atoms with van der Waals surface area (Å²) in [5.41, 5.74) is -0.373. The van der Waals surface area contributed by atoms with Crippen LogP contribution in [0.3, 0.4) is 0 Å². The average Bonchev–Trinajstić information content (AvgIpc) is 3.32. The molecule has 0 aliphatic rings. The van der Waals surface area contributed by atoms with E-state index in [9.17, 15) is 22.4 Å². The van der Waals surface area contributed by atoms with Crippen molar-refractivity contribution in [2.24, 2.45) is 0 Å². The maximum Gasteiger partial charge on any atom is 0.342 e. The van der Waals surface area contributed by atoms with E-state index < -0.39 is 40.1 Å². The fourth-order valence-corrected chi connectivity index (χ4v) is 3.52. The highest BCUT2D eigenvalue weighted by Crippen LogP contribution is 2.34. The van der Waals surface area contributed by atoms with E-state index in [1.807, 2.05) is 0 Å². The lowest BCUT2D eigenvalue weighted by atomic mass is 10.1. The molecule has 0 bridgehead atoms. The van der Waals surface area contributed by atoms with Crippen LogP contribution in [-0.4, -0.2) is 31.6 Å². The molecular formula is C19H10F4N4O2. The predicted molar refractivity (Wildman–Crippen MR) is 94.7 cm³/mol. The van der Waals surface area contributed by atoms with Gasteiger partial charge in [0.1, 0.15) is 11.1 Å². The van der Waals surface area contributed by atoms with E-state index in [0.29, 0.717) is 11.0 Å². The molecule has 29 heavy (non-hydrogen) atoms. The van der Waals surface area contributed by atoms with Gasteiger partial charge in [0.2, 0.25) is 5.78 Å². The lowest BCUT2D eigenvalue weighted by molar-refractivity contribution is 0.0528. The van der Waals surface area contributed by atoms with Gasteiger partial charge in [-0.3, -0.25) is 4.40 Å². The van der Waals surface area contributed by atoms with E-state index in [1.54, 1.807) is 31.2 Å². The van der Waals surface area contributed by atoms with Crippen LogP contribution < -0.4 is 0 Å². The summed E-state index contributed by atoms with van der Waals surface area (Å²) in [7, 11) is 0. The maximum absolute atomic E-state index is 14.9. The Morgan fingerprint density at radius 1 is 1.03 bits per heavy atom. The molecule has 0 spiro atoms. The topological polar surface area (TPSA) is 60.9 Å². The van der Waals surface area contributed by atoms with E-state index >= 15 is 0 Å². The number of aromatic nitrogens is 4. The van der Waals surface area contributed by atoms with Crippen LogP contribution in [0.15, 0.2) is 30.5 Å². The first-order valence-electron chi connectivity index (χ1n) is 8.55. The summed E-state index contributed by atoms with van der Waals surface area (Å²) in [5, 5.41) is 3.40. The zero-order valence-electron chi connectivity index (χ0n) is 14.7. The van der Waals surface area contributed by atoms with E-state index in [1.165, 1.54) is 0 Å². The molecular weight excluding hydrogens is 392 g/mol. The molecule has 0 atom stereocenters. The van der Waals surface area contributed by atoms with E-state index in [2.05, 4.69) is 10.1 Å². The maximum atomic E-state index is 14.9. The Balaban J connectivity index is 2.16. The molecule has 0 radical (unpaired) electrons. The van der Waals surface area contributed by atoms with Crippen molar-refractivity contribution in [1.82, 2.24) is 19.0 Å². The quantitative estimate of drug-likeness (QED) is 0.194. The summed E-state index contributed by atoms with van der Waals surface area (Å²) in [6, 6.07) is 6.49. The third-order valence-electron chi connectivity index (χ3n) is 4.70. The Kier molecular flexibility index (Phi) is 3.54. The van der Waals surface area contributed by atoms with Crippen molar-refractivity contribution in [2.45, 2.75) is 6.92 Å². The second kappa shape index (κ2) is 5.90. The van der Waals surface area contributed by atoms with Crippen molar-refractivity contribution in [3.63, 3.8) is 0 Å².